The lowest BCUT2D eigenvalue weighted by Gasteiger charge is -2.27. The van der Waals surface area contributed by atoms with Crippen molar-refractivity contribution in [2.45, 2.75) is 26.7 Å². The minimum Gasteiger partial charge on any atom is -0.481 e. The molecular formula is C13H19N3O3. The summed E-state index contributed by atoms with van der Waals surface area (Å²) in [6.07, 6.45) is 2.52. The number of primary amides is 1. The number of aromatic nitrogens is 1. The van der Waals surface area contributed by atoms with E-state index in [1.807, 2.05) is 13.8 Å². The second-order valence-corrected chi connectivity index (χ2v) is 4.44. The third kappa shape index (κ3) is 3.43. The number of pyridine rings is 1. The number of rotatable bonds is 7. The molecule has 0 fully saturated rings. The molecule has 0 aromatic carbocycles. The topological polar surface area (TPSA) is 105 Å². The minimum absolute atomic E-state index is 0.152. The fourth-order valence-corrected chi connectivity index (χ4v) is 1.82. The van der Waals surface area contributed by atoms with Crippen LogP contribution >= 0.6 is 0 Å². The predicted octanol–water partition coefficient (Wildman–Crippen LogP) is 1.48. The predicted molar refractivity (Wildman–Crippen MR) is 71.9 cm³/mol. The summed E-state index contributed by atoms with van der Waals surface area (Å²) in [6.45, 7) is 3.99. The molecule has 0 aliphatic carbocycles. The SMILES string of the molecule is CCC(CC)(CNc1ccnc(C(N)=O)c1)C(=O)O. The van der Waals surface area contributed by atoms with Gasteiger partial charge in [-0.25, -0.2) is 0 Å². The number of carboxylic acid groups (broad SMARTS) is 1. The molecule has 0 spiro atoms. The van der Waals surface area contributed by atoms with E-state index in [1.165, 1.54) is 12.3 Å². The van der Waals surface area contributed by atoms with Gasteiger partial charge in [0, 0.05) is 18.4 Å². The van der Waals surface area contributed by atoms with E-state index in [0.29, 0.717) is 18.5 Å². The number of amides is 1. The van der Waals surface area contributed by atoms with Crippen LogP contribution in [0.25, 0.3) is 0 Å². The first-order valence-electron chi connectivity index (χ1n) is 6.18. The Hall–Kier alpha value is -2.11. The summed E-state index contributed by atoms with van der Waals surface area (Å²) in [5, 5.41) is 12.4. The molecule has 0 unspecified atom stereocenters. The van der Waals surface area contributed by atoms with Crippen molar-refractivity contribution in [1.29, 1.82) is 0 Å². The van der Waals surface area contributed by atoms with Gasteiger partial charge >= 0.3 is 5.97 Å². The standard InChI is InChI=1S/C13H19N3O3/c1-3-13(4-2,12(18)19)8-16-9-5-6-15-10(7-9)11(14)17/h5-7H,3-4,8H2,1-2H3,(H2,14,17)(H,15,16)(H,18,19). The van der Waals surface area contributed by atoms with Crippen molar-refractivity contribution in [2.75, 3.05) is 11.9 Å². The lowest BCUT2D eigenvalue weighted by Crippen LogP contribution is -2.36. The van der Waals surface area contributed by atoms with Gasteiger partial charge in [-0.15, -0.1) is 0 Å². The van der Waals surface area contributed by atoms with E-state index in [0.717, 1.165) is 0 Å². The van der Waals surface area contributed by atoms with E-state index < -0.39 is 17.3 Å². The molecule has 1 amide bonds. The van der Waals surface area contributed by atoms with Crippen LogP contribution in [0.2, 0.25) is 0 Å². The van der Waals surface area contributed by atoms with Crippen molar-refractivity contribution >= 4 is 17.6 Å². The van der Waals surface area contributed by atoms with Crippen molar-refractivity contribution in [3.8, 4) is 0 Å². The number of carboxylic acids is 1. The number of hydrogen-bond acceptors (Lipinski definition) is 4. The Morgan fingerprint density at radius 2 is 2.05 bits per heavy atom. The average molecular weight is 265 g/mol. The fraction of sp³-hybridized carbons (Fsp3) is 0.462. The quantitative estimate of drug-likeness (QED) is 0.692. The van der Waals surface area contributed by atoms with Gasteiger partial charge < -0.3 is 16.2 Å². The zero-order chi connectivity index (χ0) is 14.5. The Balaban J connectivity index is 2.83. The molecule has 1 rings (SSSR count). The third-order valence-corrected chi connectivity index (χ3v) is 3.45. The van der Waals surface area contributed by atoms with Crippen LogP contribution in [0.4, 0.5) is 5.69 Å². The highest BCUT2D eigenvalue weighted by atomic mass is 16.4. The van der Waals surface area contributed by atoms with Crippen LogP contribution in [0, 0.1) is 5.41 Å². The summed E-state index contributed by atoms with van der Waals surface area (Å²) in [5.41, 5.74) is 5.12. The summed E-state index contributed by atoms with van der Waals surface area (Å²) < 4.78 is 0. The molecule has 0 bridgehead atoms. The molecule has 6 heteroatoms. The molecule has 19 heavy (non-hydrogen) atoms. The molecule has 0 saturated heterocycles. The molecule has 1 aromatic heterocycles. The largest absolute Gasteiger partial charge is 0.481 e. The number of anilines is 1. The molecular weight excluding hydrogens is 246 g/mol. The fourth-order valence-electron chi connectivity index (χ4n) is 1.82. The first-order chi connectivity index (χ1) is 8.95. The molecule has 0 atom stereocenters. The summed E-state index contributed by atoms with van der Waals surface area (Å²) >= 11 is 0. The van der Waals surface area contributed by atoms with E-state index in [4.69, 9.17) is 5.73 Å². The second-order valence-electron chi connectivity index (χ2n) is 4.44. The van der Waals surface area contributed by atoms with Crippen molar-refractivity contribution in [3.05, 3.63) is 24.0 Å². The van der Waals surface area contributed by atoms with E-state index in [1.54, 1.807) is 6.07 Å². The van der Waals surface area contributed by atoms with Crippen molar-refractivity contribution in [1.82, 2.24) is 4.98 Å². The lowest BCUT2D eigenvalue weighted by atomic mass is 9.82. The Labute approximate surface area is 112 Å². The molecule has 0 aliphatic heterocycles. The molecule has 6 nitrogen and oxygen atoms in total. The van der Waals surface area contributed by atoms with Crippen LogP contribution in [0.5, 0.6) is 0 Å². The zero-order valence-corrected chi connectivity index (χ0v) is 11.1. The zero-order valence-electron chi connectivity index (χ0n) is 11.1. The summed E-state index contributed by atoms with van der Waals surface area (Å²) in [5.74, 6) is -1.44. The molecule has 104 valence electrons. The van der Waals surface area contributed by atoms with E-state index in [-0.39, 0.29) is 12.2 Å². The first-order valence-corrected chi connectivity index (χ1v) is 6.18. The van der Waals surface area contributed by atoms with Gasteiger partial charge in [-0.05, 0) is 25.0 Å². The van der Waals surface area contributed by atoms with Crippen molar-refractivity contribution in [2.24, 2.45) is 11.1 Å². The highest BCUT2D eigenvalue weighted by Gasteiger charge is 2.34. The highest BCUT2D eigenvalue weighted by molar-refractivity contribution is 5.91. The van der Waals surface area contributed by atoms with Crippen LogP contribution in [-0.2, 0) is 4.79 Å². The maximum atomic E-state index is 11.4. The van der Waals surface area contributed by atoms with E-state index in [9.17, 15) is 14.7 Å². The molecule has 1 heterocycles. The van der Waals surface area contributed by atoms with Crippen LogP contribution in [0.3, 0.4) is 0 Å². The number of aliphatic carboxylic acids is 1. The molecule has 0 radical (unpaired) electrons. The van der Waals surface area contributed by atoms with E-state index in [2.05, 4.69) is 10.3 Å². The Morgan fingerprint density at radius 1 is 1.42 bits per heavy atom. The average Bonchev–Trinajstić information content (AvgIpc) is 2.40. The number of nitrogens with zero attached hydrogens (tertiary/aromatic N) is 1. The van der Waals surface area contributed by atoms with Crippen LogP contribution in [0.1, 0.15) is 37.2 Å². The van der Waals surface area contributed by atoms with Crippen LogP contribution < -0.4 is 11.1 Å². The van der Waals surface area contributed by atoms with E-state index >= 15 is 0 Å². The first kappa shape index (κ1) is 14.9. The smallest absolute Gasteiger partial charge is 0.311 e. The summed E-state index contributed by atoms with van der Waals surface area (Å²) in [4.78, 5) is 26.2. The number of carbonyl (C=O) groups excluding carboxylic acids is 1. The van der Waals surface area contributed by atoms with Gasteiger partial charge in [-0.3, -0.25) is 14.6 Å². The van der Waals surface area contributed by atoms with Gasteiger partial charge in [0.15, 0.2) is 0 Å². The normalized spacial score (nSPS) is 11.1. The molecule has 1 aromatic rings. The Morgan fingerprint density at radius 3 is 2.53 bits per heavy atom. The lowest BCUT2D eigenvalue weighted by molar-refractivity contribution is -0.148. The van der Waals surface area contributed by atoms with Gasteiger partial charge in [-0.2, -0.15) is 0 Å². The summed E-state index contributed by atoms with van der Waals surface area (Å²) in [7, 11) is 0. The molecule has 0 saturated carbocycles. The molecule has 4 N–H and O–H groups in total. The minimum atomic E-state index is -0.825. The van der Waals surface area contributed by atoms with Gasteiger partial charge in [-0.1, -0.05) is 13.8 Å². The maximum Gasteiger partial charge on any atom is 0.311 e. The third-order valence-electron chi connectivity index (χ3n) is 3.45. The Bertz CT molecular complexity index is 470. The van der Waals surface area contributed by atoms with Gasteiger partial charge in [0.05, 0.1) is 5.41 Å². The second kappa shape index (κ2) is 6.17. The van der Waals surface area contributed by atoms with Gasteiger partial charge in [0.25, 0.3) is 5.91 Å². The van der Waals surface area contributed by atoms with Crippen LogP contribution in [-0.4, -0.2) is 28.5 Å². The van der Waals surface area contributed by atoms with Crippen molar-refractivity contribution < 1.29 is 14.7 Å². The number of nitrogens with two attached hydrogens (primary N) is 1. The molecule has 0 aliphatic rings. The monoisotopic (exact) mass is 265 g/mol. The maximum absolute atomic E-state index is 11.4. The number of carbonyl (C=O) groups is 2. The van der Waals surface area contributed by atoms with Gasteiger partial charge in [0.2, 0.25) is 0 Å². The Kier molecular flexibility index (Phi) is 4.86. The summed E-state index contributed by atoms with van der Waals surface area (Å²) in [6, 6.07) is 3.19. The van der Waals surface area contributed by atoms with Crippen molar-refractivity contribution in [3.63, 3.8) is 0 Å². The van der Waals surface area contributed by atoms with Gasteiger partial charge in [0.1, 0.15) is 5.69 Å². The highest BCUT2D eigenvalue weighted by Crippen LogP contribution is 2.27. The number of hydrogen-bond donors (Lipinski definition) is 3. The van der Waals surface area contributed by atoms with Crippen LogP contribution in [0.15, 0.2) is 18.3 Å². The number of nitrogens with one attached hydrogen (secondary N) is 1.